The largest absolute Gasteiger partial charge is 0.324 e. The van der Waals surface area contributed by atoms with E-state index < -0.39 is 0 Å². The van der Waals surface area contributed by atoms with Gasteiger partial charge in [-0.15, -0.1) is 11.8 Å². The van der Waals surface area contributed by atoms with Gasteiger partial charge in [-0.25, -0.2) is 4.39 Å². The first-order valence-corrected chi connectivity index (χ1v) is 6.31. The van der Waals surface area contributed by atoms with Gasteiger partial charge in [0.2, 0.25) is 0 Å². The first kappa shape index (κ1) is 12.5. The zero-order valence-electron chi connectivity index (χ0n) is 9.29. The third kappa shape index (κ3) is 3.84. The van der Waals surface area contributed by atoms with Crippen molar-refractivity contribution in [3.8, 4) is 0 Å². The van der Waals surface area contributed by atoms with Gasteiger partial charge in [0.15, 0.2) is 0 Å². The van der Waals surface area contributed by atoms with Gasteiger partial charge in [0, 0.05) is 10.9 Å². The van der Waals surface area contributed by atoms with Gasteiger partial charge in [0.05, 0.1) is 0 Å². The Kier molecular flexibility index (Phi) is 5.12. The highest BCUT2D eigenvalue weighted by molar-refractivity contribution is 7.99. The second-order valence-electron chi connectivity index (χ2n) is 3.68. The Bertz CT molecular complexity index is 312. The maximum absolute atomic E-state index is 13.6. The summed E-state index contributed by atoms with van der Waals surface area (Å²) < 4.78 is 13.6. The van der Waals surface area contributed by atoms with Crippen molar-refractivity contribution < 1.29 is 4.39 Å². The number of nitrogens with two attached hydrogens (primary N) is 1. The third-order valence-electron chi connectivity index (χ3n) is 2.24. The van der Waals surface area contributed by atoms with Crippen molar-refractivity contribution in [3.63, 3.8) is 0 Å². The predicted molar refractivity (Wildman–Crippen MR) is 64.6 cm³/mol. The molecule has 1 nitrogen and oxygen atoms in total. The van der Waals surface area contributed by atoms with Gasteiger partial charge in [-0.05, 0) is 36.8 Å². The van der Waals surface area contributed by atoms with Crippen LogP contribution in [0.25, 0.3) is 0 Å². The molecule has 15 heavy (non-hydrogen) atoms. The lowest BCUT2D eigenvalue weighted by molar-refractivity contribution is 0.596. The Morgan fingerprint density at radius 3 is 2.73 bits per heavy atom. The highest BCUT2D eigenvalue weighted by Gasteiger charge is 2.06. The average Bonchev–Trinajstić information content (AvgIpc) is 2.20. The predicted octanol–water partition coefficient (Wildman–Crippen LogP) is 3.74. The summed E-state index contributed by atoms with van der Waals surface area (Å²) in [5.74, 6) is 0.830. The first-order chi connectivity index (χ1) is 7.15. The van der Waals surface area contributed by atoms with Crippen molar-refractivity contribution in [2.24, 2.45) is 5.73 Å². The van der Waals surface area contributed by atoms with Crippen LogP contribution in [-0.4, -0.2) is 5.75 Å². The van der Waals surface area contributed by atoms with E-state index in [1.165, 1.54) is 0 Å². The van der Waals surface area contributed by atoms with Crippen LogP contribution in [0.2, 0.25) is 0 Å². The standard InChI is InChI=1S/C12H18FNS/c1-3-4-7-15-12-6-5-10(9(2)14)8-11(12)13/h5-6,8-9H,3-4,7,14H2,1-2H3/t9-/m0/s1. The average molecular weight is 227 g/mol. The fourth-order valence-electron chi connectivity index (χ4n) is 1.24. The Morgan fingerprint density at radius 1 is 1.47 bits per heavy atom. The lowest BCUT2D eigenvalue weighted by Crippen LogP contribution is -2.05. The molecule has 0 saturated heterocycles. The van der Waals surface area contributed by atoms with Gasteiger partial charge in [-0.2, -0.15) is 0 Å². The molecule has 0 aliphatic carbocycles. The molecule has 1 atom stereocenters. The lowest BCUT2D eigenvalue weighted by Gasteiger charge is -2.08. The van der Waals surface area contributed by atoms with Gasteiger partial charge >= 0.3 is 0 Å². The summed E-state index contributed by atoms with van der Waals surface area (Å²) in [4.78, 5) is 0.729. The van der Waals surface area contributed by atoms with Crippen molar-refractivity contribution in [1.82, 2.24) is 0 Å². The number of rotatable bonds is 5. The summed E-state index contributed by atoms with van der Waals surface area (Å²) in [7, 11) is 0. The molecule has 2 N–H and O–H groups in total. The summed E-state index contributed by atoms with van der Waals surface area (Å²) in [5, 5.41) is 0. The van der Waals surface area contributed by atoms with Gasteiger partial charge < -0.3 is 5.73 Å². The second-order valence-corrected chi connectivity index (χ2v) is 4.82. The Balaban J connectivity index is 2.66. The minimum atomic E-state index is -0.147. The van der Waals surface area contributed by atoms with Crippen LogP contribution in [0.4, 0.5) is 4.39 Å². The number of benzene rings is 1. The fourth-order valence-corrected chi connectivity index (χ4v) is 2.26. The molecule has 3 heteroatoms. The summed E-state index contributed by atoms with van der Waals surface area (Å²) >= 11 is 1.58. The lowest BCUT2D eigenvalue weighted by atomic mass is 10.1. The van der Waals surface area contributed by atoms with E-state index in [-0.39, 0.29) is 11.9 Å². The van der Waals surface area contributed by atoms with Gasteiger partial charge in [-0.1, -0.05) is 19.4 Å². The molecule has 0 aliphatic rings. The van der Waals surface area contributed by atoms with Crippen LogP contribution in [0.1, 0.15) is 38.3 Å². The van der Waals surface area contributed by atoms with Gasteiger partial charge in [0.1, 0.15) is 5.82 Å². The molecule has 0 radical (unpaired) electrons. The van der Waals surface area contributed by atoms with Crippen LogP contribution in [0.3, 0.4) is 0 Å². The molecule has 0 spiro atoms. The zero-order valence-corrected chi connectivity index (χ0v) is 10.1. The van der Waals surface area contributed by atoms with E-state index in [2.05, 4.69) is 6.92 Å². The Morgan fingerprint density at radius 2 is 2.20 bits per heavy atom. The second kappa shape index (κ2) is 6.13. The van der Waals surface area contributed by atoms with Crippen LogP contribution in [0.5, 0.6) is 0 Å². The van der Waals surface area contributed by atoms with Crippen molar-refractivity contribution in [2.45, 2.75) is 37.6 Å². The molecule has 0 unspecified atom stereocenters. The molecule has 1 aromatic carbocycles. The van der Waals surface area contributed by atoms with Crippen molar-refractivity contribution in [1.29, 1.82) is 0 Å². The minimum Gasteiger partial charge on any atom is -0.324 e. The van der Waals surface area contributed by atoms with Gasteiger partial charge in [-0.3, -0.25) is 0 Å². The molecule has 0 heterocycles. The maximum Gasteiger partial charge on any atom is 0.137 e. The normalized spacial score (nSPS) is 12.8. The highest BCUT2D eigenvalue weighted by Crippen LogP contribution is 2.25. The Labute approximate surface area is 95.2 Å². The van der Waals surface area contributed by atoms with E-state index >= 15 is 0 Å². The first-order valence-electron chi connectivity index (χ1n) is 5.33. The number of thioether (sulfide) groups is 1. The summed E-state index contributed by atoms with van der Waals surface area (Å²) in [6, 6.07) is 5.17. The molecule has 0 bridgehead atoms. The number of hydrogen-bond donors (Lipinski definition) is 1. The van der Waals surface area contributed by atoms with E-state index in [0.717, 1.165) is 29.1 Å². The molecule has 0 fully saturated rings. The monoisotopic (exact) mass is 227 g/mol. The van der Waals surface area contributed by atoms with E-state index in [1.807, 2.05) is 19.1 Å². The summed E-state index contributed by atoms with van der Waals surface area (Å²) in [5.41, 5.74) is 6.53. The topological polar surface area (TPSA) is 26.0 Å². The van der Waals surface area contributed by atoms with E-state index in [9.17, 15) is 4.39 Å². The third-order valence-corrected chi connectivity index (χ3v) is 3.37. The van der Waals surface area contributed by atoms with Crippen LogP contribution in [-0.2, 0) is 0 Å². The smallest absolute Gasteiger partial charge is 0.137 e. The summed E-state index contributed by atoms with van der Waals surface area (Å²) in [6.07, 6.45) is 2.27. The molecule has 1 aromatic rings. The quantitative estimate of drug-likeness (QED) is 0.612. The SMILES string of the molecule is CCCCSc1ccc([C@H](C)N)cc1F. The number of unbranched alkanes of at least 4 members (excludes halogenated alkanes) is 1. The molecular weight excluding hydrogens is 209 g/mol. The number of hydrogen-bond acceptors (Lipinski definition) is 2. The molecule has 84 valence electrons. The van der Waals surface area contributed by atoms with Crippen molar-refractivity contribution in [3.05, 3.63) is 29.6 Å². The fraction of sp³-hybridized carbons (Fsp3) is 0.500. The van der Waals surface area contributed by atoms with E-state index in [0.29, 0.717) is 0 Å². The van der Waals surface area contributed by atoms with Crippen LogP contribution in [0.15, 0.2) is 23.1 Å². The minimum absolute atomic E-state index is 0.103. The zero-order chi connectivity index (χ0) is 11.3. The van der Waals surface area contributed by atoms with Crippen LogP contribution < -0.4 is 5.73 Å². The molecular formula is C12H18FNS. The highest BCUT2D eigenvalue weighted by atomic mass is 32.2. The molecule has 0 aromatic heterocycles. The van der Waals surface area contributed by atoms with E-state index in [4.69, 9.17) is 5.73 Å². The number of halogens is 1. The summed E-state index contributed by atoms with van der Waals surface area (Å²) in [6.45, 7) is 3.99. The van der Waals surface area contributed by atoms with Crippen molar-refractivity contribution >= 4 is 11.8 Å². The molecule has 0 amide bonds. The van der Waals surface area contributed by atoms with Crippen LogP contribution in [0, 0.1) is 5.82 Å². The van der Waals surface area contributed by atoms with Crippen LogP contribution >= 0.6 is 11.8 Å². The van der Waals surface area contributed by atoms with E-state index in [1.54, 1.807) is 17.8 Å². The molecule has 0 saturated carbocycles. The maximum atomic E-state index is 13.6. The Hall–Kier alpha value is -0.540. The molecule has 1 rings (SSSR count). The molecule has 0 aliphatic heterocycles. The van der Waals surface area contributed by atoms with Gasteiger partial charge in [0.25, 0.3) is 0 Å². The van der Waals surface area contributed by atoms with Crippen molar-refractivity contribution in [2.75, 3.05) is 5.75 Å².